The molecule has 0 fully saturated rings. The summed E-state index contributed by atoms with van der Waals surface area (Å²) in [6.07, 6.45) is 8.06. The Morgan fingerprint density at radius 3 is 2.84 bits per heavy atom. The molecule has 0 aliphatic carbocycles. The van der Waals surface area contributed by atoms with E-state index in [1.165, 1.54) is 5.56 Å². The Morgan fingerprint density at radius 1 is 0.920 bits per heavy atom. The first-order valence-corrected chi connectivity index (χ1v) is 8.04. The minimum absolute atomic E-state index is 0.752. The lowest BCUT2D eigenvalue weighted by Gasteiger charge is -2.05. The van der Waals surface area contributed by atoms with Crippen LogP contribution in [0.25, 0.3) is 22.4 Å². The van der Waals surface area contributed by atoms with Crippen LogP contribution in [-0.4, -0.2) is 29.4 Å². The number of fused-ring (bicyclic) bond motifs is 2. The van der Waals surface area contributed by atoms with Crippen molar-refractivity contribution in [1.82, 2.24) is 29.4 Å². The van der Waals surface area contributed by atoms with E-state index in [0.717, 1.165) is 34.5 Å². The van der Waals surface area contributed by atoms with Crippen LogP contribution < -0.4 is 0 Å². The number of pyridine rings is 1. The molecule has 25 heavy (non-hydrogen) atoms. The van der Waals surface area contributed by atoms with Gasteiger partial charge in [0, 0.05) is 30.4 Å². The second kappa shape index (κ2) is 5.52. The van der Waals surface area contributed by atoms with Crippen molar-refractivity contribution in [3.05, 3.63) is 84.6 Å². The maximum absolute atomic E-state index is 4.68. The van der Waals surface area contributed by atoms with Crippen LogP contribution in [0.2, 0.25) is 0 Å². The van der Waals surface area contributed by atoms with E-state index in [0.29, 0.717) is 0 Å². The van der Waals surface area contributed by atoms with Gasteiger partial charge in [-0.1, -0.05) is 12.1 Å². The summed E-state index contributed by atoms with van der Waals surface area (Å²) in [7, 11) is 0. The molecule has 0 aliphatic heterocycles. The summed E-state index contributed by atoms with van der Waals surface area (Å²) in [6.45, 7) is 0. The van der Waals surface area contributed by atoms with Gasteiger partial charge in [0.25, 0.3) is 0 Å². The van der Waals surface area contributed by atoms with Gasteiger partial charge in [0.2, 0.25) is 0 Å². The Balaban J connectivity index is 1.56. The summed E-state index contributed by atoms with van der Waals surface area (Å²) in [4.78, 5) is 8.83. The van der Waals surface area contributed by atoms with Crippen molar-refractivity contribution in [2.45, 2.75) is 6.42 Å². The number of hydrogen-bond acceptors (Lipinski definition) is 4. The third-order valence-corrected chi connectivity index (χ3v) is 4.21. The fourth-order valence-corrected chi connectivity index (χ4v) is 3.00. The molecule has 1 aromatic carbocycles. The molecule has 0 atom stereocenters. The summed E-state index contributed by atoms with van der Waals surface area (Å²) >= 11 is 0. The Hall–Kier alpha value is -3.54. The zero-order chi connectivity index (χ0) is 16.6. The monoisotopic (exact) mass is 326 g/mol. The molecule has 0 amide bonds. The van der Waals surface area contributed by atoms with Crippen LogP contribution in [0.5, 0.6) is 0 Å². The number of aromatic nitrogens is 6. The largest absolute Gasteiger partial charge is 0.256 e. The molecule has 4 heterocycles. The molecule has 0 saturated carbocycles. The number of rotatable bonds is 3. The zero-order valence-electron chi connectivity index (χ0n) is 13.3. The molecular formula is C19H14N6. The average Bonchev–Trinajstić information content (AvgIpc) is 3.32. The number of nitrogens with zero attached hydrogens (tertiary/aromatic N) is 6. The van der Waals surface area contributed by atoms with Gasteiger partial charge in [0.05, 0.1) is 17.4 Å². The lowest BCUT2D eigenvalue weighted by atomic mass is 10.1. The molecule has 6 heteroatoms. The van der Waals surface area contributed by atoms with E-state index in [9.17, 15) is 0 Å². The van der Waals surface area contributed by atoms with Crippen LogP contribution in [0.4, 0.5) is 0 Å². The minimum atomic E-state index is 0.752. The standard InChI is InChI=1S/C19H14N6/c1-3-15-11-14(4-5-17(15)20-8-1)12-16-13-21-18-6-7-19(23-25(16)18)24-10-2-9-22-24/h1-11,13H,12H2. The Labute approximate surface area is 143 Å². The van der Waals surface area contributed by atoms with Gasteiger partial charge in [0.1, 0.15) is 0 Å². The van der Waals surface area contributed by atoms with E-state index in [4.69, 9.17) is 0 Å². The quantitative estimate of drug-likeness (QED) is 0.511. The fraction of sp³-hybridized carbons (Fsp3) is 0.0526. The first kappa shape index (κ1) is 13.9. The molecule has 6 nitrogen and oxygen atoms in total. The van der Waals surface area contributed by atoms with Crippen molar-refractivity contribution in [3.8, 4) is 5.82 Å². The molecule has 0 bridgehead atoms. The highest BCUT2D eigenvalue weighted by molar-refractivity contribution is 5.79. The smallest absolute Gasteiger partial charge is 0.174 e. The molecule has 120 valence electrons. The average molecular weight is 326 g/mol. The molecule has 0 radical (unpaired) electrons. The second-order valence-electron chi connectivity index (χ2n) is 5.87. The van der Waals surface area contributed by atoms with Crippen molar-refractivity contribution in [2.24, 2.45) is 0 Å². The Kier molecular flexibility index (Phi) is 3.06. The lowest BCUT2D eigenvalue weighted by molar-refractivity contribution is 0.776. The summed E-state index contributed by atoms with van der Waals surface area (Å²) in [5, 5.41) is 10.1. The lowest BCUT2D eigenvalue weighted by Crippen LogP contribution is -2.05. The third kappa shape index (κ3) is 2.44. The molecule has 0 N–H and O–H groups in total. The van der Waals surface area contributed by atoms with Gasteiger partial charge >= 0.3 is 0 Å². The maximum Gasteiger partial charge on any atom is 0.174 e. The zero-order valence-corrected chi connectivity index (χ0v) is 13.3. The molecule has 5 aromatic rings. The molecule has 0 unspecified atom stereocenters. The van der Waals surface area contributed by atoms with Crippen LogP contribution >= 0.6 is 0 Å². The van der Waals surface area contributed by atoms with Crippen molar-refractivity contribution in [1.29, 1.82) is 0 Å². The van der Waals surface area contributed by atoms with Crippen LogP contribution in [0.3, 0.4) is 0 Å². The van der Waals surface area contributed by atoms with Crippen molar-refractivity contribution in [3.63, 3.8) is 0 Å². The number of imidazole rings is 1. The third-order valence-electron chi connectivity index (χ3n) is 4.21. The summed E-state index contributed by atoms with van der Waals surface area (Å²) in [6, 6.07) is 16.1. The first-order chi connectivity index (χ1) is 12.4. The topological polar surface area (TPSA) is 60.9 Å². The number of hydrogen-bond donors (Lipinski definition) is 0. The van der Waals surface area contributed by atoms with Gasteiger partial charge in [-0.3, -0.25) is 4.98 Å². The van der Waals surface area contributed by atoms with Crippen LogP contribution in [0.1, 0.15) is 11.3 Å². The van der Waals surface area contributed by atoms with Gasteiger partial charge < -0.3 is 0 Å². The molecular weight excluding hydrogens is 312 g/mol. The van der Waals surface area contributed by atoms with Crippen LogP contribution in [0, 0.1) is 0 Å². The molecule has 0 aliphatic rings. The van der Waals surface area contributed by atoms with Gasteiger partial charge in [0.15, 0.2) is 11.5 Å². The fourth-order valence-electron chi connectivity index (χ4n) is 3.00. The van der Waals surface area contributed by atoms with E-state index in [1.807, 2.05) is 47.4 Å². The summed E-state index contributed by atoms with van der Waals surface area (Å²) in [5.41, 5.74) is 4.07. The SMILES string of the molecule is c1cnc2ccc(Cc3cnc4ccc(-n5cccn5)nn34)cc2c1. The molecule has 0 spiro atoms. The Bertz CT molecular complexity index is 1170. The first-order valence-electron chi connectivity index (χ1n) is 8.04. The predicted molar refractivity (Wildman–Crippen MR) is 94.7 cm³/mol. The minimum Gasteiger partial charge on any atom is -0.256 e. The predicted octanol–water partition coefficient (Wildman–Crippen LogP) is 3.05. The van der Waals surface area contributed by atoms with Crippen molar-refractivity contribution < 1.29 is 0 Å². The van der Waals surface area contributed by atoms with E-state index >= 15 is 0 Å². The summed E-state index contributed by atoms with van der Waals surface area (Å²) in [5.74, 6) is 0.763. The number of benzene rings is 1. The summed E-state index contributed by atoms with van der Waals surface area (Å²) < 4.78 is 3.62. The Morgan fingerprint density at radius 2 is 1.92 bits per heavy atom. The van der Waals surface area contributed by atoms with Crippen molar-refractivity contribution >= 4 is 16.6 Å². The van der Waals surface area contributed by atoms with E-state index in [2.05, 4.69) is 44.4 Å². The van der Waals surface area contributed by atoms with E-state index in [1.54, 1.807) is 10.9 Å². The highest BCUT2D eigenvalue weighted by Gasteiger charge is 2.08. The highest BCUT2D eigenvalue weighted by atomic mass is 15.4. The normalized spacial score (nSPS) is 11.4. The van der Waals surface area contributed by atoms with Crippen LogP contribution in [-0.2, 0) is 6.42 Å². The van der Waals surface area contributed by atoms with Crippen molar-refractivity contribution in [2.75, 3.05) is 0 Å². The van der Waals surface area contributed by atoms with E-state index in [-0.39, 0.29) is 0 Å². The van der Waals surface area contributed by atoms with Gasteiger partial charge in [-0.15, -0.1) is 5.10 Å². The van der Waals surface area contributed by atoms with E-state index < -0.39 is 0 Å². The van der Waals surface area contributed by atoms with Gasteiger partial charge in [-0.2, -0.15) is 5.10 Å². The molecule has 0 saturated heterocycles. The van der Waals surface area contributed by atoms with Gasteiger partial charge in [-0.25, -0.2) is 14.2 Å². The molecule has 5 rings (SSSR count). The molecule has 4 aromatic heterocycles. The van der Waals surface area contributed by atoms with Gasteiger partial charge in [-0.05, 0) is 42.0 Å². The maximum atomic E-state index is 4.68. The second-order valence-corrected chi connectivity index (χ2v) is 5.87. The van der Waals surface area contributed by atoms with Crippen LogP contribution in [0.15, 0.2) is 73.3 Å². The highest BCUT2D eigenvalue weighted by Crippen LogP contribution is 2.17.